The number of nitrogens with one attached hydrogen (secondary N) is 1. The predicted molar refractivity (Wildman–Crippen MR) is 80.4 cm³/mol. The van der Waals surface area contributed by atoms with Crippen molar-refractivity contribution in [1.29, 1.82) is 0 Å². The van der Waals surface area contributed by atoms with Crippen LogP contribution in [-0.2, 0) is 0 Å². The molecule has 0 bridgehead atoms. The van der Waals surface area contributed by atoms with E-state index in [1.165, 1.54) is 0 Å². The lowest BCUT2D eigenvalue weighted by molar-refractivity contribution is -0.0899. The Hall–Kier alpha value is -0.120. The summed E-state index contributed by atoms with van der Waals surface area (Å²) in [6.07, 6.45) is 4.67. The molecule has 0 radical (unpaired) electrons. The highest BCUT2D eigenvalue weighted by Crippen LogP contribution is 2.48. The van der Waals surface area contributed by atoms with Crippen LogP contribution in [0.3, 0.4) is 0 Å². The summed E-state index contributed by atoms with van der Waals surface area (Å²) in [7, 11) is 0. The molecule has 116 valence electrons. The molecule has 3 N–H and O–H groups in total. The van der Waals surface area contributed by atoms with Gasteiger partial charge in [0.15, 0.2) is 0 Å². The monoisotopic (exact) mass is 281 g/mol. The highest BCUT2D eigenvalue weighted by Gasteiger charge is 2.50. The van der Waals surface area contributed by atoms with Crippen LogP contribution in [-0.4, -0.2) is 34.5 Å². The summed E-state index contributed by atoms with van der Waals surface area (Å²) in [5, 5.41) is 24.8. The Morgan fingerprint density at radius 1 is 0.750 bits per heavy atom. The number of piperidine rings is 1. The summed E-state index contributed by atoms with van der Waals surface area (Å²) in [5.74, 6) is 0.667. The molecule has 3 fully saturated rings. The second-order valence-electron chi connectivity index (χ2n) is 9.22. The zero-order valence-corrected chi connectivity index (χ0v) is 13.4. The normalized spacial score (nSPS) is 50.1. The average Bonchev–Trinajstić information content (AvgIpc) is 2.23. The Balaban J connectivity index is 1.78. The molecule has 0 aromatic carbocycles. The first-order valence-corrected chi connectivity index (χ1v) is 8.29. The van der Waals surface area contributed by atoms with Crippen molar-refractivity contribution in [3.05, 3.63) is 0 Å². The number of hydrogen-bond acceptors (Lipinski definition) is 3. The molecular weight excluding hydrogens is 250 g/mol. The molecule has 20 heavy (non-hydrogen) atoms. The highest BCUT2D eigenvalue weighted by molar-refractivity contribution is 5.05. The molecule has 3 rings (SSSR count). The fraction of sp³-hybridized carbons (Fsp3) is 1.00. The van der Waals surface area contributed by atoms with Gasteiger partial charge in [-0.25, -0.2) is 0 Å². The van der Waals surface area contributed by atoms with E-state index >= 15 is 0 Å². The second kappa shape index (κ2) is 4.69. The van der Waals surface area contributed by atoms with Gasteiger partial charge in [-0.1, -0.05) is 27.7 Å². The summed E-state index contributed by atoms with van der Waals surface area (Å²) >= 11 is 0. The largest absolute Gasteiger partial charge is 0.393 e. The molecule has 3 nitrogen and oxygen atoms in total. The molecule has 6 atom stereocenters. The van der Waals surface area contributed by atoms with Gasteiger partial charge in [-0.3, -0.25) is 0 Å². The third-order valence-electron chi connectivity index (χ3n) is 6.06. The molecule has 3 heteroatoms. The quantitative estimate of drug-likeness (QED) is 0.638. The van der Waals surface area contributed by atoms with Crippen LogP contribution < -0.4 is 5.32 Å². The smallest absolute Gasteiger partial charge is 0.0588 e. The molecule has 1 saturated heterocycles. The van der Waals surface area contributed by atoms with Gasteiger partial charge in [-0.2, -0.15) is 0 Å². The van der Waals surface area contributed by atoms with Crippen LogP contribution in [0.5, 0.6) is 0 Å². The molecular formula is C17H31NO2. The van der Waals surface area contributed by atoms with Crippen molar-refractivity contribution in [3.8, 4) is 0 Å². The molecule has 2 saturated carbocycles. The number of fused-ring (bicyclic) bond motifs is 2. The molecule has 0 amide bonds. The number of rotatable bonds is 0. The minimum atomic E-state index is -0.209. The molecule has 2 aliphatic carbocycles. The van der Waals surface area contributed by atoms with Gasteiger partial charge < -0.3 is 15.5 Å². The number of aliphatic hydroxyl groups excluding tert-OH is 2. The molecule has 1 heterocycles. The van der Waals surface area contributed by atoms with Crippen LogP contribution in [0.4, 0.5) is 0 Å². The Bertz CT molecular complexity index is 345. The lowest BCUT2D eigenvalue weighted by atomic mass is 9.59. The summed E-state index contributed by atoms with van der Waals surface area (Å²) in [5.41, 5.74) is 0.451. The van der Waals surface area contributed by atoms with Crippen molar-refractivity contribution in [2.75, 3.05) is 0 Å². The van der Waals surface area contributed by atoms with Crippen molar-refractivity contribution in [2.24, 2.45) is 22.7 Å². The SMILES string of the molecule is CC1(C)CC(O)C2CC3C(O)CC(C)(C)CC3NC2C1. The van der Waals surface area contributed by atoms with E-state index in [0.29, 0.717) is 23.9 Å². The maximum absolute atomic E-state index is 10.5. The van der Waals surface area contributed by atoms with Gasteiger partial charge in [0.25, 0.3) is 0 Å². The van der Waals surface area contributed by atoms with Gasteiger partial charge in [-0.05, 0) is 42.9 Å². The second-order valence-corrected chi connectivity index (χ2v) is 9.22. The van der Waals surface area contributed by atoms with E-state index in [1.54, 1.807) is 0 Å². The number of aliphatic hydroxyl groups is 2. The Kier molecular flexibility index (Phi) is 3.47. The summed E-state index contributed by atoms with van der Waals surface area (Å²) in [4.78, 5) is 0. The van der Waals surface area contributed by atoms with Crippen LogP contribution in [0.25, 0.3) is 0 Å². The zero-order chi connectivity index (χ0) is 14.7. The molecule has 0 spiro atoms. The van der Waals surface area contributed by atoms with Gasteiger partial charge in [0, 0.05) is 23.9 Å². The van der Waals surface area contributed by atoms with Crippen molar-refractivity contribution in [2.45, 2.75) is 84.1 Å². The molecule has 6 unspecified atom stereocenters. The first kappa shape index (κ1) is 14.8. The van der Waals surface area contributed by atoms with Gasteiger partial charge in [0.05, 0.1) is 12.2 Å². The van der Waals surface area contributed by atoms with Crippen molar-refractivity contribution in [1.82, 2.24) is 5.32 Å². The van der Waals surface area contributed by atoms with Gasteiger partial charge in [0.1, 0.15) is 0 Å². The van der Waals surface area contributed by atoms with E-state index < -0.39 is 0 Å². The minimum Gasteiger partial charge on any atom is -0.393 e. The van der Waals surface area contributed by atoms with Gasteiger partial charge in [-0.15, -0.1) is 0 Å². The van der Waals surface area contributed by atoms with Gasteiger partial charge >= 0.3 is 0 Å². The Labute approximate surface area is 123 Å². The standard InChI is InChI=1S/C17H31NO2/c1-16(2)6-12-10(14(19)8-16)5-11-13(18-12)7-17(3,4)9-15(11)20/h10-15,18-20H,5-9H2,1-4H3. The van der Waals surface area contributed by atoms with E-state index in [2.05, 4.69) is 33.0 Å². The highest BCUT2D eigenvalue weighted by atomic mass is 16.3. The van der Waals surface area contributed by atoms with Gasteiger partial charge in [0.2, 0.25) is 0 Å². The fourth-order valence-corrected chi connectivity index (χ4v) is 5.23. The van der Waals surface area contributed by atoms with Crippen molar-refractivity contribution in [3.63, 3.8) is 0 Å². The Morgan fingerprint density at radius 2 is 1.15 bits per heavy atom. The van der Waals surface area contributed by atoms with E-state index in [-0.39, 0.29) is 23.0 Å². The minimum absolute atomic E-state index is 0.209. The predicted octanol–water partition coefficient (Wildman–Crippen LogP) is 2.31. The average molecular weight is 281 g/mol. The van der Waals surface area contributed by atoms with Crippen molar-refractivity contribution < 1.29 is 10.2 Å². The summed E-state index contributed by atoms with van der Waals surface area (Å²) < 4.78 is 0. The molecule has 3 aliphatic rings. The van der Waals surface area contributed by atoms with Crippen LogP contribution in [0.1, 0.15) is 59.8 Å². The first-order valence-electron chi connectivity index (χ1n) is 8.29. The summed E-state index contributed by atoms with van der Waals surface area (Å²) in [6, 6.07) is 0.854. The first-order chi connectivity index (χ1) is 9.17. The maximum atomic E-state index is 10.5. The van der Waals surface area contributed by atoms with Crippen molar-refractivity contribution >= 4 is 0 Å². The lowest BCUT2D eigenvalue weighted by Gasteiger charge is -2.55. The fourth-order valence-electron chi connectivity index (χ4n) is 5.23. The third-order valence-corrected chi connectivity index (χ3v) is 6.06. The van der Waals surface area contributed by atoms with Crippen LogP contribution >= 0.6 is 0 Å². The van der Waals surface area contributed by atoms with E-state index in [0.717, 1.165) is 32.1 Å². The Morgan fingerprint density at radius 3 is 1.55 bits per heavy atom. The topological polar surface area (TPSA) is 52.5 Å². The third kappa shape index (κ3) is 2.65. The zero-order valence-electron chi connectivity index (χ0n) is 13.4. The molecule has 0 aromatic heterocycles. The van der Waals surface area contributed by atoms with E-state index in [4.69, 9.17) is 0 Å². The lowest BCUT2D eigenvalue weighted by Crippen LogP contribution is -2.63. The maximum Gasteiger partial charge on any atom is 0.0588 e. The molecule has 0 aromatic rings. The van der Waals surface area contributed by atoms with Crippen LogP contribution in [0, 0.1) is 22.7 Å². The van der Waals surface area contributed by atoms with Crippen LogP contribution in [0.2, 0.25) is 0 Å². The van der Waals surface area contributed by atoms with Crippen LogP contribution in [0.15, 0.2) is 0 Å². The molecule has 1 aliphatic heterocycles. The number of hydrogen-bond donors (Lipinski definition) is 3. The van der Waals surface area contributed by atoms with E-state index in [9.17, 15) is 10.2 Å². The summed E-state index contributed by atoms with van der Waals surface area (Å²) in [6.45, 7) is 9.06. The van der Waals surface area contributed by atoms with E-state index in [1.807, 2.05) is 0 Å².